The van der Waals surface area contributed by atoms with Gasteiger partial charge in [-0.25, -0.2) is 14.6 Å². The summed E-state index contributed by atoms with van der Waals surface area (Å²) in [7, 11) is 1.66. The molecule has 4 aromatic heterocycles. The number of rotatable bonds is 6. The van der Waals surface area contributed by atoms with Gasteiger partial charge in [-0.1, -0.05) is 18.7 Å². The van der Waals surface area contributed by atoms with E-state index in [1.165, 1.54) is 11.1 Å². The van der Waals surface area contributed by atoms with Gasteiger partial charge in [-0.05, 0) is 66.4 Å². The summed E-state index contributed by atoms with van der Waals surface area (Å²) in [6, 6.07) is 14.4. The Hall–Kier alpha value is -4.79. The molecular formula is C27H25N9. The SMILES string of the molecule is C=C/C=C(\C(N)=NC)c1nc2ccc(-n3cccn3)nc2n1-c1ccc2c(c1)CCC2n1cccn1. The summed E-state index contributed by atoms with van der Waals surface area (Å²) in [5.74, 6) is 1.73. The molecule has 0 spiro atoms. The van der Waals surface area contributed by atoms with Crippen LogP contribution in [-0.4, -0.2) is 47.0 Å². The molecule has 0 fully saturated rings. The Balaban J connectivity index is 1.57. The Morgan fingerprint density at radius 1 is 1.11 bits per heavy atom. The molecule has 178 valence electrons. The number of allylic oxidation sites excluding steroid dienone is 2. The van der Waals surface area contributed by atoms with Crippen LogP contribution in [0.15, 0.2) is 91.0 Å². The molecule has 9 nitrogen and oxygen atoms in total. The van der Waals surface area contributed by atoms with Gasteiger partial charge in [0.25, 0.3) is 0 Å². The molecule has 0 bridgehead atoms. The third kappa shape index (κ3) is 3.52. The standard InChI is InChI=1S/C27H25N9/c1-3-6-21(25(28)29-2)26-32-22-10-12-24(35-16-5-14-31-35)33-27(22)36(26)19-8-9-20-18(17-19)7-11-23(20)34-15-4-13-30-34/h3-6,8-10,12-17,23H,1,7,11H2,2H3,(H2,28,29)/b21-6+. The van der Waals surface area contributed by atoms with Gasteiger partial charge in [-0.2, -0.15) is 10.2 Å². The zero-order valence-corrected chi connectivity index (χ0v) is 19.9. The second-order valence-electron chi connectivity index (χ2n) is 8.58. The van der Waals surface area contributed by atoms with Crippen molar-refractivity contribution in [3.8, 4) is 11.5 Å². The van der Waals surface area contributed by atoms with Gasteiger partial charge in [-0.15, -0.1) is 0 Å². The summed E-state index contributed by atoms with van der Waals surface area (Å²) in [5.41, 5.74) is 12.0. The molecule has 1 unspecified atom stereocenters. The lowest BCUT2D eigenvalue weighted by Gasteiger charge is -2.15. The van der Waals surface area contributed by atoms with Crippen molar-refractivity contribution in [3.63, 3.8) is 0 Å². The van der Waals surface area contributed by atoms with E-state index in [1.54, 1.807) is 24.0 Å². The Bertz CT molecular complexity index is 1620. The van der Waals surface area contributed by atoms with Crippen LogP contribution in [0.25, 0.3) is 28.2 Å². The summed E-state index contributed by atoms with van der Waals surface area (Å²) in [4.78, 5) is 14.1. The number of nitrogens with two attached hydrogens (primary N) is 1. The first-order chi connectivity index (χ1) is 17.7. The van der Waals surface area contributed by atoms with Gasteiger partial charge < -0.3 is 5.73 Å². The smallest absolute Gasteiger partial charge is 0.167 e. The number of imidazole rings is 1. The van der Waals surface area contributed by atoms with Crippen LogP contribution in [0.3, 0.4) is 0 Å². The van der Waals surface area contributed by atoms with Crippen LogP contribution in [-0.2, 0) is 6.42 Å². The van der Waals surface area contributed by atoms with Crippen molar-refractivity contribution in [1.29, 1.82) is 0 Å². The Labute approximate surface area is 207 Å². The minimum Gasteiger partial charge on any atom is -0.383 e. The number of hydrogen-bond acceptors (Lipinski definition) is 5. The second kappa shape index (κ2) is 8.77. The van der Waals surface area contributed by atoms with Crippen LogP contribution < -0.4 is 5.73 Å². The number of pyridine rings is 1. The number of aryl methyl sites for hydroxylation is 1. The fraction of sp³-hybridized carbons (Fsp3) is 0.148. The predicted molar refractivity (Wildman–Crippen MR) is 140 cm³/mol. The highest BCUT2D eigenvalue weighted by atomic mass is 15.3. The van der Waals surface area contributed by atoms with Crippen LogP contribution in [0.1, 0.15) is 29.4 Å². The molecule has 0 radical (unpaired) electrons. The Kier molecular flexibility index (Phi) is 5.29. The molecule has 0 saturated carbocycles. The van der Waals surface area contributed by atoms with E-state index in [2.05, 4.69) is 40.0 Å². The van der Waals surface area contributed by atoms with Crippen molar-refractivity contribution >= 4 is 22.6 Å². The van der Waals surface area contributed by atoms with Gasteiger partial charge in [-0.3, -0.25) is 14.2 Å². The molecule has 5 aromatic rings. The number of fused-ring (bicyclic) bond motifs is 2. The van der Waals surface area contributed by atoms with E-state index in [1.807, 2.05) is 58.2 Å². The van der Waals surface area contributed by atoms with E-state index < -0.39 is 0 Å². The summed E-state index contributed by atoms with van der Waals surface area (Å²) >= 11 is 0. The lowest BCUT2D eigenvalue weighted by atomic mass is 10.1. The molecule has 0 saturated heterocycles. The number of aromatic nitrogens is 7. The number of nitrogens with zero attached hydrogens (tertiary/aromatic N) is 8. The fourth-order valence-electron chi connectivity index (χ4n) is 4.88. The van der Waals surface area contributed by atoms with Gasteiger partial charge in [0.1, 0.15) is 11.4 Å². The Morgan fingerprint density at radius 2 is 1.97 bits per heavy atom. The largest absolute Gasteiger partial charge is 0.383 e. The topological polar surface area (TPSA) is 105 Å². The first-order valence-corrected chi connectivity index (χ1v) is 11.8. The minimum absolute atomic E-state index is 0.242. The minimum atomic E-state index is 0.242. The number of aliphatic imine (C=N–C) groups is 1. The van der Waals surface area contributed by atoms with Gasteiger partial charge in [0.15, 0.2) is 17.3 Å². The molecule has 1 aliphatic carbocycles. The molecule has 1 aromatic carbocycles. The van der Waals surface area contributed by atoms with Gasteiger partial charge in [0, 0.05) is 37.5 Å². The normalized spacial score (nSPS) is 16.0. The second-order valence-corrected chi connectivity index (χ2v) is 8.58. The van der Waals surface area contributed by atoms with Gasteiger partial charge in [0.05, 0.1) is 11.6 Å². The number of hydrogen-bond donors (Lipinski definition) is 1. The highest BCUT2D eigenvalue weighted by Crippen LogP contribution is 2.36. The molecular weight excluding hydrogens is 450 g/mol. The molecule has 9 heteroatoms. The van der Waals surface area contributed by atoms with Crippen molar-refractivity contribution in [2.45, 2.75) is 18.9 Å². The van der Waals surface area contributed by atoms with Crippen LogP contribution in [0.2, 0.25) is 0 Å². The summed E-state index contributed by atoms with van der Waals surface area (Å²) in [6.07, 6.45) is 12.9. The van der Waals surface area contributed by atoms with E-state index >= 15 is 0 Å². The van der Waals surface area contributed by atoms with Crippen molar-refractivity contribution in [1.82, 2.24) is 34.1 Å². The highest BCUT2D eigenvalue weighted by molar-refractivity contribution is 6.21. The van der Waals surface area contributed by atoms with Crippen molar-refractivity contribution in [2.75, 3.05) is 7.05 Å². The summed E-state index contributed by atoms with van der Waals surface area (Å²) in [6.45, 7) is 3.87. The van der Waals surface area contributed by atoms with Crippen molar-refractivity contribution in [3.05, 3.63) is 103 Å². The number of amidine groups is 1. The van der Waals surface area contributed by atoms with E-state index in [0.717, 1.165) is 24.0 Å². The van der Waals surface area contributed by atoms with Crippen LogP contribution in [0.5, 0.6) is 0 Å². The molecule has 4 heterocycles. The lowest BCUT2D eigenvalue weighted by Crippen LogP contribution is -2.17. The van der Waals surface area contributed by atoms with Gasteiger partial charge in [0.2, 0.25) is 0 Å². The lowest BCUT2D eigenvalue weighted by molar-refractivity contribution is 0.520. The third-order valence-electron chi connectivity index (χ3n) is 6.55. The average molecular weight is 476 g/mol. The highest BCUT2D eigenvalue weighted by Gasteiger charge is 2.26. The molecule has 6 rings (SSSR count). The fourth-order valence-corrected chi connectivity index (χ4v) is 4.88. The van der Waals surface area contributed by atoms with Crippen LogP contribution in [0.4, 0.5) is 0 Å². The van der Waals surface area contributed by atoms with Crippen molar-refractivity contribution in [2.24, 2.45) is 10.7 Å². The first-order valence-electron chi connectivity index (χ1n) is 11.8. The maximum absolute atomic E-state index is 6.31. The predicted octanol–water partition coefficient (Wildman–Crippen LogP) is 3.89. The van der Waals surface area contributed by atoms with E-state index in [4.69, 9.17) is 15.7 Å². The van der Waals surface area contributed by atoms with E-state index in [0.29, 0.717) is 28.7 Å². The first kappa shape index (κ1) is 21.7. The molecule has 1 aliphatic rings. The third-order valence-corrected chi connectivity index (χ3v) is 6.55. The van der Waals surface area contributed by atoms with E-state index in [-0.39, 0.29) is 6.04 Å². The number of benzene rings is 1. The molecule has 2 N–H and O–H groups in total. The molecule has 0 aliphatic heterocycles. The average Bonchev–Trinajstić information content (AvgIpc) is 3.71. The van der Waals surface area contributed by atoms with Crippen LogP contribution in [0, 0.1) is 0 Å². The van der Waals surface area contributed by atoms with Gasteiger partial charge >= 0.3 is 0 Å². The zero-order valence-electron chi connectivity index (χ0n) is 19.9. The van der Waals surface area contributed by atoms with E-state index in [9.17, 15) is 0 Å². The molecule has 1 atom stereocenters. The maximum Gasteiger partial charge on any atom is 0.167 e. The summed E-state index contributed by atoms with van der Waals surface area (Å²) < 4.78 is 5.80. The quantitative estimate of drug-likeness (QED) is 0.228. The van der Waals surface area contributed by atoms with Crippen LogP contribution >= 0.6 is 0 Å². The monoisotopic (exact) mass is 475 g/mol. The molecule has 0 amide bonds. The maximum atomic E-state index is 6.31. The zero-order chi connectivity index (χ0) is 24.6. The molecule has 36 heavy (non-hydrogen) atoms. The Morgan fingerprint density at radius 3 is 2.72 bits per heavy atom. The summed E-state index contributed by atoms with van der Waals surface area (Å²) in [5, 5.41) is 8.81. The van der Waals surface area contributed by atoms with Crippen molar-refractivity contribution < 1.29 is 0 Å².